The van der Waals surface area contributed by atoms with Gasteiger partial charge in [-0.25, -0.2) is 4.98 Å². The monoisotopic (exact) mass is 390 g/mol. The zero-order valence-corrected chi connectivity index (χ0v) is 17.6. The van der Waals surface area contributed by atoms with Gasteiger partial charge in [0.05, 0.1) is 12.2 Å². The summed E-state index contributed by atoms with van der Waals surface area (Å²) in [6.07, 6.45) is 3.78. The van der Waals surface area contributed by atoms with Crippen molar-refractivity contribution >= 4 is 11.9 Å². The Kier molecular flexibility index (Phi) is 6.93. The summed E-state index contributed by atoms with van der Waals surface area (Å²) in [4.78, 5) is 24.7. The Labute approximate surface area is 167 Å². The molecule has 2 saturated heterocycles. The fourth-order valence-corrected chi connectivity index (χ4v) is 3.91. The van der Waals surface area contributed by atoms with E-state index in [1.54, 1.807) is 11.9 Å². The minimum atomic E-state index is 0.225. The molecular weight excluding hydrogens is 356 g/mol. The molecule has 3 rings (SSSR count). The molecule has 0 aromatic carbocycles. The van der Waals surface area contributed by atoms with Crippen LogP contribution in [0.4, 0.5) is 0 Å². The molecule has 0 aliphatic carbocycles. The SMILES string of the molecule is CN=C(NCC1CCN(Cc2nc(C)c(C)o2)CC1)NC1CCC(=O)N(C)C1. The van der Waals surface area contributed by atoms with E-state index in [0.29, 0.717) is 12.3 Å². The number of oxazole rings is 1. The van der Waals surface area contributed by atoms with Crippen molar-refractivity contribution in [3.05, 3.63) is 17.3 Å². The number of aliphatic imine (C=N–C) groups is 1. The molecule has 2 aliphatic heterocycles. The average Bonchev–Trinajstić information content (AvgIpc) is 3.00. The number of likely N-dealkylation sites (tertiary alicyclic amines) is 2. The van der Waals surface area contributed by atoms with Crippen molar-refractivity contribution in [2.45, 2.75) is 52.1 Å². The van der Waals surface area contributed by atoms with Gasteiger partial charge in [-0.2, -0.15) is 0 Å². The normalized spacial score (nSPS) is 22.6. The number of likely N-dealkylation sites (N-methyl/N-ethyl adjacent to an activating group) is 1. The maximum absolute atomic E-state index is 11.6. The Balaban J connectivity index is 1.37. The maximum atomic E-state index is 11.6. The van der Waals surface area contributed by atoms with Crippen molar-refractivity contribution in [2.24, 2.45) is 10.9 Å². The molecule has 28 heavy (non-hydrogen) atoms. The molecule has 8 heteroatoms. The molecule has 2 fully saturated rings. The van der Waals surface area contributed by atoms with E-state index in [-0.39, 0.29) is 11.9 Å². The number of aryl methyl sites for hydroxylation is 2. The van der Waals surface area contributed by atoms with Crippen LogP contribution >= 0.6 is 0 Å². The third-order valence-electron chi connectivity index (χ3n) is 5.89. The van der Waals surface area contributed by atoms with Gasteiger partial charge in [-0.15, -0.1) is 0 Å². The summed E-state index contributed by atoms with van der Waals surface area (Å²) in [6.45, 7) is 8.54. The summed E-state index contributed by atoms with van der Waals surface area (Å²) in [7, 11) is 3.66. The highest BCUT2D eigenvalue weighted by molar-refractivity contribution is 5.81. The van der Waals surface area contributed by atoms with Crippen LogP contribution in [0.3, 0.4) is 0 Å². The first-order valence-electron chi connectivity index (χ1n) is 10.3. The molecule has 0 saturated carbocycles. The van der Waals surface area contributed by atoms with Gasteiger partial charge in [0.25, 0.3) is 0 Å². The molecule has 1 atom stereocenters. The van der Waals surface area contributed by atoms with E-state index in [2.05, 4.69) is 25.5 Å². The summed E-state index contributed by atoms with van der Waals surface area (Å²) in [5.74, 6) is 3.44. The Morgan fingerprint density at radius 1 is 1.29 bits per heavy atom. The topological polar surface area (TPSA) is 86.0 Å². The van der Waals surface area contributed by atoms with E-state index >= 15 is 0 Å². The van der Waals surface area contributed by atoms with Gasteiger partial charge in [-0.05, 0) is 52.1 Å². The highest BCUT2D eigenvalue weighted by Crippen LogP contribution is 2.19. The third-order valence-corrected chi connectivity index (χ3v) is 5.89. The fourth-order valence-electron chi connectivity index (χ4n) is 3.91. The number of piperidine rings is 2. The van der Waals surface area contributed by atoms with Crippen molar-refractivity contribution < 1.29 is 9.21 Å². The van der Waals surface area contributed by atoms with E-state index in [1.165, 1.54) is 0 Å². The highest BCUT2D eigenvalue weighted by atomic mass is 16.4. The van der Waals surface area contributed by atoms with E-state index in [9.17, 15) is 4.79 Å². The molecule has 0 bridgehead atoms. The number of aromatic nitrogens is 1. The smallest absolute Gasteiger partial charge is 0.222 e. The zero-order chi connectivity index (χ0) is 20.1. The lowest BCUT2D eigenvalue weighted by Gasteiger charge is -2.33. The number of hydrogen-bond acceptors (Lipinski definition) is 5. The first-order chi connectivity index (χ1) is 13.4. The van der Waals surface area contributed by atoms with Crippen LogP contribution in [0.15, 0.2) is 9.41 Å². The molecule has 0 radical (unpaired) electrons. The molecule has 1 unspecified atom stereocenters. The van der Waals surface area contributed by atoms with Crippen LogP contribution in [-0.4, -0.2) is 73.0 Å². The number of hydrogen-bond donors (Lipinski definition) is 2. The lowest BCUT2D eigenvalue weighted by atomic mass is 9.97. The minimum absolute atomic E-state index is 0.225. The molecule has 2 aliphatic rings. The number of rotatable bonds is 5. The van der Waals surface area contributed by atoms with Crippen molar-refractivity contribution in [1.29, 1.82) is 0 Å². The number of amides is 1. The summed E-state index contributed by atoms with van der Waals surface area (Å²) < 4.78 is 5.71. The summed E-state index contributed by atoms with van der Waals surface area (Å²) in [5, 5.41) is 6.93. The lowest BCUT2D eigenvalue weighted by Crippen LogP contribution is -2.52. The molecule has 2 N–H and O–H groups in total. The van der Waals surface area contributed by atoms with Crippen LogP contribution < -0.4 is 10.6 Å². The first kappa shape index (κ1) is 20.6. The summed E-state index contributed by atoms with van der Waals surface area (Å²) >= 11 is 0. The first-order valence-corrected chi connectivity index (χ1v) is 10.3. The molecule has 8 nitrogen and oxygen atoms in total. The van der Waals surface area contributed by atoms with Gasteiger partial charge in [0.15, 0.2) is 5.96 Å². The standard InChI is InChI=1S/C20H34N6O2/c1-14-15(2)28-18(23-14)13-26-9-7-16(8-10-26)11-22-20(21-3)24-17-5-6-19(27)25(4)12-17/h16-17H,5-13H2,1-4H3,(H2,21,22,24). The Bertz CT molecular complexity index is 673. The second kappa shape index (κ2) is 9.41. The van der Waals surface area contributed by atoms with Gasteiger partial charge < -0.3 is 20.0 Å². The van der Waals surface area contributed by atoms with Crippen LogP contribution in [0.25, 0.3) is 0 Å². The third kappa shape index (κ3) is 5.47. The van der Waals surface area contributed by atoms with Gasteiger partial charge in [0.1, 0.15) is 5.76 Å². The zero-order valence-electron chi connectivity index (χ0n) is 17.6. The van der Waals surface area contributed by atoms with Gasteiger partial charge in [0, 0.05) is 39.6 Å². The van der Waals surface area contributed by atoms with E-state index < -0.39 is 0 Å². The minimum Gasteiger partial charge on any atom is -0.444 e. The molecular formula is C20H34N6O2. The van der Waals surface area contributed by atoms with Crippen molar-refractivity contribution in [3.63, 3.8) is 0 Å². The molecule has 1 amide bonds. The number of nitrogens with zero attached hydrogens (tertiary/aromatic N) is 4. The number of carbonyl (C=O) groups is 1. The Hall–Kier alpha value is -2.09. The Morgan fingerprint density at radius 2 is 2.04 bits per heavy atom. The van der Waals surface area contributed by atoms with E-state index in [1.807, 2.05) is 20.9 Å². The van der Waals surface area contributed by atoms with Crippen molar-refractivity contribution in [2.75, 3.05) is 40.3 Å². The number of nitrogens with one attached hydrogen (secondary N) is 2. The van der Waals surface area contributed by atoms with Crippen LogP contribution in [0.5, 0.6) is 0 Å². The van der Waals surface area contributed by atoms with Crippen molar-refractivity contribution in [3.8, 4) is 0 Å². The second-order valence-electron chi connectivity index (χ2n) is 8.08. The predicted molar refractivity (Wildman–Crippen MR) is 109 cm³/mol. The highest BCUT2D eigenvalue weighted by Gasteiger charge is 2.24. The van der Waals surface area contributed by atoms with Gasteiger partial charge >= 0.3 is 0 Å². The van der Waals surface area contributed by atoms with Gasteiger partial charge in [0.2, 0.25) is 11.8 Å². The largest absolute Gasteiger partial charge is 0.444 e. The molecule has 156 valence electrons. The van der Waals surface area contributed by atoms with E-state index in [0.717, 1.165) is 75.3 Å². The second-order valence-corrected chi connectivity index (χ2v) is 8.08. The molecule has 1 aromatic heterocycles. The van der Waals surface area contributed by atoms with E-state index in [4.69, 9.17) is 4.42 Å². The van der Waals surface area contributed by atoms with Crippen LogP contribution in [0.1, 0.15) is 43.0 Å². The van der Waals surface area contributed by atoms with Gasteiger partial charge in [-0.1, -0.05) is 0 Å². The lowest BCUT2D eigenvalue weighted by molar-refractivity contribution is -0.132. The fraction of sp³-hybridized carbons (Fsp3) is 0.750. The molecule has 0 spiro atoms. The summed E-state index contributed by atoms with van der Waals surface area (Å²) in [6, 6.07) is 0.267. The summed E-state index contributed by atoms with van der Waals surface area (Å²) in [5.41, 5.74) is 0.987. The molecule has 3 heterocycles. The van der Waals surface area contributed by atoms with Crippen LogP contribution in [-0.2, 0) is 11.3 Å². The predicted octanol–water partition coefficient (Wildman–Crippen LogP) is 1.29. The number of carbonyl (C=O) groups excluding carboxylic acids is 1. The average molecular weight is 391 g/mol. The molecule has 1 aromatic rings. The quantitative estimate of drug-likeness (QED) is 0.582. The number of guanidine groups is 1. The Morgan fingerprint density at radius 3 is 2.64 bits per heavy atom. The van der Waals surface area contributed by atoms with Crippen molar-refractivity contribution in [1.82, 2.24) is 25.4 Å². The van der Waals surface area contributed by atoms with Gasteiger partial charge in [-0.3, -0.25) is 14.7 Å². The van der Waals surface area contributed by atoms with Crippen LogP contribution in [0, 0.1) is 19.8 Å². The van der Waals surface area contributed by atoms with Crippen LogP contribution in [0.2, 0.25) is 0 Å². The maximum Gasteiger partial charge on any atom is 0.222 e.